The van der Waals surface area contributed by atoms with Crippen molar-refractivity contribution >= 4 is 11.3 Å². The zero-order valence-electron chi connectivity index (χ0n) is 11.3. The molecule has 1 aromatic carbocycles. The molecule has 112 valence electrons. The Morgan fingerprint density at radius 3 is 2.33 bits per heavy atom. The van der Waals surface area contributed by atoms with Crippen molar-refractivity contribution < 1.29 is 18.3 Å². The third-order valence-corrected chi connectivity index (χ3v) is 5.14. The molecule has 0 aliphatic heterocycles. The molecule has 3 rings (SSSR count). The van der Waals surface area contributed by atoms with Crippen LogP contribution in [-0.2, 0) is 12.8 Å². The number of fused-ring (bicyclic) bond motifs is 1. The molecule has 1 unspecified atom stereocenters. The summed E-state index contributed by atoms with van der Waals surface area (Å²) >= 11 is 1.40. The Labute approximate surface area is 125 Å². The summed E-state index contributed by atoms with van der Waals surface area (Å²) in [4.78, 5) is 1.70. The van der Waals surface area contributed by atoms with Crippen molar-refractivity contribution in [2.75, 3.05) is 0 Å². The van der Waals surface area contributed by atoms with E-state index in [1.54, 1.807) is 0 Å². The van der Waals surface area contributed by atoms with Crippen LogP contribution in [0, 0.1) is 17.5 Å². The highest BCUT2D eigenvalue weighted by Crippen LogP contribution is 2.36. The van der Waals surface area contributed by atoms with Gasteiger partial charge in [0.25, 0.3) is 0 Å². The molecule has 1 atom stereocenters. The van der Waals surface area contributed by atoms with Gasteiger partial charge in [-0.25, -0.2) is 13.2 Å². The second kappa shape index (κ2) is 5.81. The Balaban J connectivity index is 1.97. The second-order valence-electron chi connectivity index (χ2n) is 5.34. The largest absolute Gasteiger partial charge is 0.383 e. The van der Waals surface area contributed by atoms with Crippen molar-refractivity contribution in [3.63, 3.8) is 0 Å². The first kappa shape index (κ1) is 14.6. The van der Waals surface area contributed by atoms with Crippen LogP contribution in [0.2, 0.25) is 0 Å². The molecule has 0 amide bonds. The minimum absolute atomic E-state index is 0.479. The third-order valence-electron chi connectivity index (χ3n) is 3.85. The van der Waals surface area contributed by atoms with Crippen LogP contribution >= 0.6 is 11.3 Å². The van der Waals surface area contributed by atoms with Gasteiger partial charge in [-0.3, -0.25) is 0 Å². The highest BCUT2D eigenvalue weighted by atomic mass is 32.1. The highest BCUT2D eigenvalue weighted by Gasteiger charge is 2.24. The molecule has 0 fully saturated rings. The zero-order valence-corrected chi connectivity index (χ0v) is 12.2. The average molecular weight is 312 g/mol. The van der Waals surface area contributed by atoms with Gasteiger partial charge in [-0.15, -0.1) is 11.3 Å². The summed E-state index contributed by atoms with van der Waals surface area (Å²) in [5.74, 6) is -3.09. The van der Waals surface area contributed by atoms with Crippen LogP contribution in [0.4, 0.5) is 13.2 Å². The fraction of sp³-hybridized carbons (Fsp3) is 0.375. The Morgan fingerprint density at radius 2 is 1.62 bits per heavy atom. The number of hydrogen-bond donors (Lipinski definition) is 1. The smallest absolute Gasteiger partial charge is 0.135 e. The van der Waals surface area contributed by atoms with Crippen LogP contribution in [0.3, 0.4) is 0 Å². The maximum absolute atomic E-state index is 13.8. The van der Waals surface area contributed by atoms with Gasteiger partial charge in [0.1, 0.15) is 23.6 Å². The van der Waals surface area contributed by atoms with E-state index in [0.717, 1.165) is 31.2 Å². The van der Waals surface area contributed by atoms with Crippen molar-refractivity contribution in [1.29, 1.82) is 0 Å². The number of aliphatic hydroxyl groups excluding tert-OH is 1. The van der Waals surface area contributed by atoms with Gasteiger partial charge in [-0.05, 0) is 37.3 Å². The van der Waals surface area contributed by atoms with E-state index in [-0.39, 0.29) is 0 Å². The molecule has 1 aromatic heterocycles. The summed E-state index contributed by atoms with van der Waals surface area (Å²) in [5, 5.41) is 10.3. The van der Waals surface area contributed by atoms with Crippen molar-refractivity contribution in [3.05, 3.63) is 56.5 Å². The molecule has 1 aliphatic rings. The van der Waals surface area contributed by atoms with Gasteiger partial charge in [0.15, 0.2) is 0 Å². The fourth-order valence-corrected chi connectivity index (χ4v) is 4.04. The topological polar surface area (TPSA) is 20.2 Å². The Hall–Kier alpha value is -1.33. The lowest BCUT2D eigenvalue weighted by molar-refractivity contribution is 0.212. The normalized spacial score (nSPS) is 16.4. The van der Waals surface area contributed by atoms with E-state index in [4.69, 9.17) is 0 Å². The summed E-state index contributed by atoms with van der Waals surface area (Å²) in [6.07, 6.45) is 3.87. The van der Waals surface area contributed by atoms with E-state index in [1.165, 1.54) is 22.6 Å². The van der Waals surface area contributed by atoms with Crippen LogP contribution < -0.4 is 0 Å². The molecule has 21 heavy (non-hydrogen) atoms. The lowest BCUT2D eigenvalue weighted by Gasteiger charge is -2.11. The fourth-order valence-electron chi connectivity index (χ4n) is 2.78. The number of aliphatic hydroxyl groups is 1. The van der Waals surface area contributed by atoms with Gasteiger partial charge in [0.05, 0.1) is 5.56 Å². The van der Waals surface area contributed by atoms with Crippen molar-refractivity contribution in [3.8, 4) is 0 Å². The van der Waals surface area contributed by atoms with Crippen LogP contribution in [0.25, 0.3) is 0 Å². The summed E-state index contributed by atoms with van der Waals surface area (Å²) < 4.78 is 40.5. The summed E-state index contributed by atoms with van der Waals surface area (Å²) in [5.41, 5.74) is 0.683. The quantitative estimate of drug-likeness (QED) is 0.809. The van der Waals surface area contributed by atoms with E-state index < -0.39 is 29.1 Å². The lowest BCUT2D eigenvalue weighted by Crippen LogP contribution is -2.05. The predicted molar refractivity (Wildman–Crippen MR) is 76.0 cm³/mol. The van der Waals surface area contributed by atoms with Gasteiger partial charge in [0, 0.05) is 21.9 Å². The first-order chi connectivity index (χ1) is 10.1. The molecule has 1 nitrogen and oxygen atoms in total. The molecule has 0 radical (unpaired) electrons. The van der Waals surface area contributed by atoms with Gasteiger partial charge < -0.3 is 5.11 Å². The van der Waals surface area contributed by atoms with Crippen LogP contribution in [0.1, 0.15) is 46.2 Å². The predicted octanol–water partition coefficient (Wildman–Crippen LogP) is 4.52. The van der Waals surface area contributed by atoms with E-state index in [0.29, 0.717) is 17.0 Å². The standard InChI is InChI=1S/C16H15F3OS/c17-10-7-11(18)15(12(19)8-10)16(20)14-6-9-4-2-1-3-5-13(9)21-14/h6-8,16,20H,1-5H2. The molecule has 0 bridgehead atoms. The van der Waals surface area contributed by atoms with Crippen LogP contribution in [0.15, 0.2) is 18.2 Å². The number of hydrogen-bond acceptors (Lipinski definition) is 2. The molecule has 0 saturated heterocycles. The molecular weight excluding hydrogens is 297 g/mol. The average Bonchev–Trinajstić information content (AvgIpc) is 2.69. The van der Waals surface area contributed by atoms with E-state index in [9.17, 15) is 18.3 Å². The highest BCUT2D eigenvalue weighted by molar-refractivity contribution is 7.12. The lowest BCUT2D eigenvalue weighted by atomic mass is 10.0. The maximum Gasteiger partial charge on any atom is 0.135 e. The van der Waals surface area contributed by atoms with Crippen molar-refractivity contribution in [2.24, 2.45) is 0 Å². The monoisotopic (exact) mass is 312 g/mol. The SMILES string of the molecule is OC(c1cc2c(s1)CCCCC2)c1c(F)cc(F)cc1F. The molecule has 5 heteroatoms. The molecule has 1 heterocycles. The Kier molecular flexibility index (Phi) is 4.04. The molecule has 1 N–H and O–H groups in total. The number of aryl methyl sites for hydroxylation is 2. The summed E-state index contributed by atoms with van der Waals surface area (Å²) in [7, 11) is 0. The number of rotatable bonds is 2. The van der Waals surface area contributed by atoms with Gasteiger partial charge in [-0.1, -0.05) is 6.42 Å². The van der Waals surface area contributed by atoms with Crippen LogP contribution in [-0.4, -0.2) is 5.11 Å². The molecule has 2 aromatic rings. The first-order valence-corrected chi connectivity index (χ1v) is 7.82. The third kappa shape index (κ3) is 2.85. The van der Waals surface area contributed by atoms with Crippen molar-refractivity contribution in [1.82, 2.24) is 0 Å². The number of benzene rings is 1. The van der Waals surface area contributed by atoms with Crippen LogP contribution in [0.5, 0.6) is 0 Å². The van der Waals surface area contributed by atoms with Gasteiger partial charge >= 0.3 is 0 Å². The van der Waals surface area contributed by atoms with Crippen molar-refractivity contribution in [2.45, 2.75) is 38.2 Å². The minimum Gasteiger partial charge on any atom is -0.383 e. The zero-order chi connectivity index (χ0) is 15.0. The maximum atomic E-state index is 13.8. The summed E-state index contributed by atoms with van der Waals surface area (Å²) in [6, 6.07) is 3.03. The minimum atomic E-state index is -1.39. The first-order valence-electron chi connectivity index (χ1n) is 7.00. The number of halogens is 3. The van der Waals surface area contributed by atoms with Gasteiger partial charge in [-0.2, -0.15) is 0 Å². The summed E-state index contributed by atoms with van der Waals surface area (Å²) in [6.45, 7) is 0. The molecule has 0 saturated carbocycles. The molecule has 0 spiro atoms. The number of thiophene rings is 1. The van der Waals surface area contributed by atoms with E-state index >= 15 is 0 Å². The Bertz CT molecular complexity index is 619. The van der Waals surface area contributed by atoms with E-state index in [2.05, 4.69) is 0 Å². The molecule has 1 aliphatic carbocycles. The Morgan fingerprint density at radius 1 is 0.952 bits per heavy atom. The van der Waals surface area contributed by atoms with Gasteiger partial charge in [0.2, 0.25) is 0 Å². The second-order valence-corrected chi connectivity index (χ2v) is 6.51. The molecular formula is C16H15F3OS. The van der Waals surface area contributed by atoms with E-state index in [1.807, 2.05) is 6.07 Å².